The molecule has 0 saturated heterocycles. The summed E-state index contributed by atoms with van der Waals surface area (Å²) < 4.78 is 13.5. The number of rotatable bonds is 2. The Labute approximate surface area is 79.2 Å². The highest BCUT2D eigenvalue weighted by Crippen LogP contribution is 2.23. The Bertz CT molecular complexity index is 299. The number of benzene rings is 1. The minimum atomic E-state index is -0.324. The number of halogens is 2. The van der Waals surface area contributed by atoms with Crippen LogP contribution in [0.2, 0.25) is 0 Å². The summed E-state index contributed by atoms with van der Waals surface area (Å²) in [4.78, 5) is 0. The lowest BCUT2D eigenvalue weighted by Gasteiger charge is -2.08. The van der Waals surface area contributed by atoms with Crippen LogP contribution in [0, 0.1) is 5.82 Å². The largest absolute Gasteiger partial charge is 0.321 e. The molecular formula is C9H9BrFN. The average Bonchev–Trinajstić information content (AvgIpc) is 2.08. The lowest BCUT2D eigenvalue weighted by molar-refractivity contribution is 0.623. The second kappa shape index (κ2) is 3.83. The summed E-state index contributed by atoms with van der Waals surface area (Å²) in [5.41, 5.74) is 6.36. The summed E-state index contributed by atoms with van der Waals surface area (Å²) >= 11 is 3.28. The second-order valence-electron chi connectivity index (χ2n) is 2.43. The van der Waals surface area contributed by atoms with Crippen molar-refractivity contribution < 1.29 is 4.39 Å². The van der Waals surface area contributed by atoms with Gasteiger partial charge in [-0.15, -0.1) is 6.58 Å². The van der Waals surface area contributed by atoms with Crippen molar-refractivity contribution in [2.75, 3.05) is 0 Å². The van der Waals surface area contributed by atoms with Gasteiger partial charge in [0, 0.05) is 10.5 Å². The Morgan fingerprint density at radius 3 is 2.83 bits per heavy atom. The van der Waals surface area contributed by atoms with E-state index in [1.165, 1.54) is 12.1 Å². The molecule has 0 unspecified atom stereocenters. The molecule has 1 nitrogen and oxygen atoms in total. The van der Waals surface area contributed by atoms with Crippen molar-refractivity contribution >= 4 is 15.9 Å². The summed E-state index contributed by atoms with van der Waals surface area (Å²) in [7, 11) is 0. The van der Waals surface area contributed by atoms with Gasteiger partial charge in [-0.05, 0) is 23.8 Å². The summed E-state index contributed by atoms with van der Waals surface area (Å²) in [5.74, 6) is -0.287. The van der Waals surface area contributed by atoms with E-state index in [1.807, 2.05) is 0 Å². The van der Waals surface area contributed by atoms with Crippen LogP contribution < -0.4 is 5.73 Å². The van der Waals surface area contributed by atoms with E-state index in [0.29, 0.717) is 5.56 Å². The molecule has 0 saturated carbocycles. The molecule has 0 aliphatic heterocycles. The molecule has 0 spiro atoms. The quantitative estimate of drug-likeness (QED) is 0.776. The Morgan fingerprint density at radius 2 is 2.25 bits per heavy atom. The van der Waals surface area contributed by atoms with E-state index in [9.17, 15) is 4.39 Å². The van der Waals surface area contributed by atoms with Crippen LogP contribution in [-0.2, 0) is 0 Å². The predicted molar refractivity (Wildman–Crippen MR) is 51.2 cm³/mol. The summed E-state index contributed by atoms with van der Waals surface area (Å²) in [6.07, 6.45) is 1.57. The molecule has 0 radical (unpaired) electrons. The average molecular weight is 230 g/mol. The molecule has 0 aliphatic rings. The fourth-order valence-electron chi connectivity index (χ4n) is 0.897. The van der Waals surface area contributed by atoms with Gasteiger partial charge in [0.25, 0.3) is 0 Å². The maximum atomic E-state index is 12.7. The highest BCUT2D eigenvalue weighted by Gasteiger charge is 2.06. The highest BCUT2D eigenvalue weighted by molar-refractivity contribution is 9.10. The molecule has 3 heteroatoms. The minimum Gasteiger partial charge on any atom is -0.321 e. The van der Waals surface area contributed by atoms with Crippen LogP contribution in [0.1, 0.15) is 11.6 Å². The van der Waals surface area contributed by atoms with Gasteiger partial charge < -0.3 is 5.73 Å². The molecule has 2 N–H and O–H groups in total. The Balaban J connectivity index is 3.12. The van der Waals surface area contributed by atoms with E-state index in [1.54, 1.807) is 12.1 Å². The fraction of sp³-hybridized carbons (Fsp3) is 0.111. The van der Waals surface area contributed by atoms with Crippen LogP contribution in [0.3, 0.4) is 0 Å². The van der Waals surface area contributed by atoms with Crippen LogP contribution in [0.15, 0.2) is 35.3 Å². The molecule has 0 heterocycles. The SMILES string of the molecule is C=C[C@@H](N)c1cc(F)ccc1Br. The zero-order valence-electron chi connectivity index (χ0n) is 6.43. The summed E-state index contributed by atoms with van der Waals surface area (Å²) in [6.45, 7) is 3.54. The van der Waals surface area contributed by atoms with Gasteiger partial charge in [-0.2, -0.15) is 0 Å². The zero-order valence-corrected chi connectivity index (χ0v) is 8.01. The lowest BCUT2D eigenvalue weighted by Crippen LogP contribution is -2.07. The lowest BCUT2D eigenvalue weighted by atomic mass is 10.1. The van der Waals surface area contributed by atoms with Crippen molar-refractivity contribution in [2.24, 2.45) is 5.73 Å². The van der Waals surface area contributed by atoms with Gasteiger partial charge in [0.15, 0.2) is 0 Å². The van der Waals surface area contributed by atoms with Crippen LogP contribution in [0.25, 0.3) is 0 Å². The van der Waals surface area contributed by atoms with E-state index in [0.717, 1.165) is 4.47 Å². The molecule has 0 aliphatic carbocycles. The standard InChI is InChI=1S/C9H9BrFN/c1-2-9(12)7-5-6(11)3-4-8(7)10/h2-5,9H,1,12H2/t9-/m1/s1. The minimum absolute atomic E-state index is 0.287. The number of nitrogens with two attached hydrogens (primary N) is 1. The van der Waals surface area contributed by atoms with Crippen molar-refractivity contribution in [3.63, 3.8) is 0 Å². The molecule has 1 aromatic carbocycles. The third-order valence-electron chi connectivity index (χ3n) is 1.57. The fourth-order valence-corrected chi connectivity index (χ4v) is 1.41. The Morgan fingerprint density at radius 1 is 1.58 bits per heavy atom. The molecule has 1 aromatic rings. The van der Waals surface area contributed by atoms with E-state index in [2.05, 4.69) is 22.5 Å². The van der Waals surface area contributed by atoms with Crippen molar-refractivity contribution in [3.8, 4) is 0 Å². The molecular weight excluding hydrogens is 221 g/mol. The van der Waals surface area contributed by atoms with E-state index < -0.39 is 0 Å². The number of hydrogen-bond donors (Lipinski definition) is 1. The monoisotopic (exact) mass is 229 g/mol. The molecule has 1 atom stereocenters. The topological polar surface area (TPSA) is 26.0 Å². The molecule has 0 aromatic heterocycles. The Kier molecular flexibility index (Phi) is 3.00. The third-order valence-corrected chi connectivity index (χ3v) is 2.29. The first kappa shape index (κ1) is 9.42. The van der Waals surface area contributed by atoms with Crippen LogP contribution >= 0.6 is 15.9 Å². The molecule has 1 rings (SSSR count). The van der Waals surface area contributed by atoms with Gasteiger partial charge in [0.2, 0.25) is 0 Å². The molecule has 0 bridgehead atoms. The second-order valence-corrected chi connectivity index (χ2v) is 3.28. The maximum Gasteiger partial charge on any atom is 0.123 e. The van der Waals surface area contributed by atoms with Crippen LogP contribution in [0.5, 0.6) is 0 Å². The smallest absolute Gasteiger partial charge is 0.123 e. The first-order valence-corrected chi connectivity index (χ1v) is 4.27. The van der Waals surface area contributed by atoms with Gasteiger partial charge in [-0.3, -0.25) is 0 Å². The van der Waals surface area contributed by atoms with E-state index >= 15 is 0 Å². The maximum absolute atomic E-state index is 12.7. The predicted octanol–water partition coefficient (Wildman–Crippen LogP) is 2.77. The van der Waals surface area contributed by atoms with E-state index in [4.69, 9.17) is 5.73 Å². The van der Waals surface area contributed by atoms with Gasteiger partial charge in [0.05, 0.1) is 0 Å². The van der Waals surface area contributed by atoms with Crippen molar-refractivity contribution in [1.29, 1.82) is 0 Å². The Hall–Kier alpha value is -0.670. The van der Waals surface area contributed by atoms with Crippen molar-refractivity contribution in [3.05, 3.63) is 46.7 Å². The van der Waals surface area contributed by atoms with Gasteiger partial charge in [-0.25, -0.2) is 4.39 Å². The first-order valence-electron chi connectivity index (χ1n) is 3.48. The molecule has 0 amide bonds. The summed E-state index contributed by atoms with van der Waals surface area (Å²) in [5, 5.41) is 0. The molecule has 12 heavy (non-hydrogen) atoms. The van der Waals surface area contributed by atoms with Crippen LogP contribution in [-0.4, -0.2) is 0 Å². The number of hydrogen-bond acceptors (Lipinski definition) is 1. The van der Waals surface area contributed by atoms with Gasteiger partial charge in [0.1, 0.15) is 5.82 Å². The zero-order chi connectivity index (χ0) is 9.14. The summed E-state index contributed by atoms with van der Waals surface area (Å²) in [6, 6.07) is 4.09. The van der Waals surface area contributed by atoms with Gasteiger partial charge in [-0.1, -0.05) is 22.0 Å². The molecule has 0 fully saturated rings. The normalized spacial score (nSPS) is 12.6. The first-order chi connectivity index (χ1) is 5.65. The van der Waals surface area contributed by atoms with E-state index in [-0.39, 0.29) is 11.9 Å². The van der Waals surface area contributed by atoms with Gasteiger partial charge >= 0.3 is 0 Å². The molecule has 64 valence electrons. The third kappa shape index (κ3) is 1.93. The van der Waals surface area contributed by atoms with Crippen molar-refractivity contribution in [2.45, 2.75) is 6.04 Å². The highest BCUT2D eigenvalue weighted by atomic mass is 79.9. The van der Waals surface area contributed by atoms with Crippen molar-refractivity contribution in [1.82, 2.24) is 0 Å². The van der Waals surface area contributed by atoms with Crippen LogP contribution in [0.4, 0.5) is 4.39 Å².